The van der Waals surface area contributed by atoms with Gasteiger partial charge in [0.05, 0.1) is 5.41 Å². The summed E-state index contributed by atoms with van der Waals surface area (Å²) in [7, 11) is 0. The van der Waals surface area contributed by atoms with Gasteiger partial charge in [0.2, 0.25) is 0 Å². The Morgan fingerprint density at radius 3 is 2.79 bits per heavy atom. The number of alkyl halides is 2. The van der Waals surface area contributed by atoms with Crippen molar-refractivity contribution in [2.24, 2.45) is 5.41 Å². The molecule has 1 N–H and O–H groups in total. The minimum Gasteiger partial charge on any atom is -0.481 e. The summed E-state index contributed by atoms with van der Waals surface area (Å²) in [6, 6.07) is 0. The Bertz CT molecular complexity index is 486. The second-order valence-corrected chi connectivity index (χ2v) is 4.60. The Labute approximate surface area is 108 Å². The summed E-state index contributed by atoms with van der Waals surface area (Å²) >= 11 is 0. The van der Waals surface area contributed by atoms with Crippen molar-refractivity contribution in [1.29, 1.82) is 0 Å². The molecule has 0 saturated carbocycles. The number of nitrogens with zero attached hydrogens (tertiary/aromatic N) is 3. The van der Waals surface area contributed by atoms with Crippen LogP contribution in [0.25, 0.3) is 0 Å². The zero-order valence-corrected chi connectivity index (χ0v) is 10.2. The highest BCUT2D eigenvalue weighted by atomic mass is 19.3. The summed E-state index contributed by atoms with van der Waals surface area (Å²) in [4.78, 5) is 20.4. The number of ether oxygens (including phenoxy) is 1. The molecule has 2 heterocycles. The first-order valence-corrected chi connectivity index (χ1v) is 5.66. The van der Waals surface area contributed by atoms with E-state index in [9.17, 15) is 13.6 Å². The first-order valence-electron chi connectivity index (χ1n) is 5.66. The van der Waals surface area contributed by atoms with Crippen LogP contribution in [0, 0.1) is 5.41 Å². The highest BCUT2D eigenvalue weighted by Gasteiger charge is 2.41. The molecule has 8 heteroatoms. The highest BCUT2D eigenvalue weighted by Crippen LogP contribution is 2.35. The topological polar surface area (TPSA) is 75.5 Å². The lowest BCUT2D eigenvalue weighted by Gasteiger charge is -2.21. The third kappa shape index (κ3) is 2.72. The zero-order chi connectivity index (χ0) is 14.0. The minimum absolute atomic E-state index is 0.146. The van der Waals surface area contributed by atoms with Crippen LogP contribution in [-0.4, -0.2) is 40.7 Å². The van der Waals surface area contributed by atoms with Gasteiger partial charge in [0.25, 0.3) is 5.88 Å². The molecule has 0 aliphatic carbocycles. The lowest BCUT2D eigenvalue weighted by atomic mass is 9.90. The second kappa shape index (κ2) is 4.94. The average molecular weight is 273 g/mol. The Hall–Kier alpha value is -1.99. The molecule has 1 fully saturated rings. The van der Waals surface area contributed by atoms with Crippen LogP contribution in [0.15, 0.2) is 12.4 Å². The predicted molar refractivity (Wildman–Crippen MR) is 61.2 cm³/mol. The van der Waals surface area contributed by atoms with Gasteiger partial charge in [-0.25, -0.2) is 9.97 Å². The van der Waals surface area contributed by atoms with Crippen LogP contribution in [0.3, 0.4) is 0 Å². The first-order chi connectivity index (χ1) is 8.92. The Morgan fingerprint density at radius 2 is 2.21 bits per heavy atom. The quantitative estimate of drug-likeness (QED) is 0.893. The van der Waals surface area contributed by atoms with Gasteiger partial charge in [-0.2, -0.15) is 8.78 Å². The summed E-state index contributed by atoms with van der Waals surface area (Å²) in [5.41, 5.74) is -0.917. The summed E-state index contributed by atoms with van der Waals surface area (Å²) < 4.78 is 28.8. The molecule has 0 aromatic carbocycles. The van der Waals surface area contributed by atoms with Gasteiger partial charge in [-0.15, -0.1) is 0 Å². The lowest BCUT2D eigenvalue weighted by molar-refractivity contribution is -0.146. The van der Waals surface area contributed by atoms with Crippen LogP contribution in [0.1, 0.15) is 13.3 Å². The number of aliphatic carboxylic acids is 1. The standard InChI is InChI=1S/C11H13F2N3O3/c1-11(9(17)18)2-5-16(6-11)7-8(19-10(12)13)15-4-3-14-7/h3-4,10H,2,5-6H2,1H3,(H,17,18). The predicted octanol–water partition coefficient (Wildman–Crippen LogP) is 1.38. The van der Waals surface area contributed by atoms with E-state index in [4.69, 9.17) is 5.11 Å². The van der Waals surface area contributed by atoms with E-state index in [0.29, 0.717) is 13.0 Å². The number of hydrogen-bond donors (Lipinski definition) is 1. The minimum atomic E-state index is -3.00. The molecule has 1 saturated heterocycles. The van der Waals surface area contributed by atoms with E-state index >= 15 is 0 Å². The van der Waals surface area contributed by atoms with Crippen LogP contribution in [0.4, 0.5) is 14.6 Å². The normalized spacial score (nSPS) is 22.8. The fourth-order valence-electron chi connectivity index (χ4n) is 2.02. The number of carboxylic acid groups (broad SMARTS) is 1. The van der Waals surface area contributed by atoms with Gasteiger partial charge in [-0.05, 0) is 13.3 Å². The molecule has 1 aliphatic heterocycles. The molecule has 6 nitrogen and oxygen atoms in total. The molecule has 2 rings (SSSR count). The summed E-state index contributed by atoms with van der Waals surface area (Å²) in [6.07, 6.45) is 3.00. The van der Waals surface area contributed by atoms with Gasteiger partial charge in [0.1, 0.15) is 0 Å². The molecule has 1 aromatic rings. The molecule has 104 valence electrons. The van der Waals surface area contributed by atoms with Crippen LogP contribution < -0.4 is 9.64 Å². The van der Waals surface area contributed by atoms with Crippen LogP contribution in [0.2, 0.25) is 0 Å². The van der Waals surface area contributed by atoms with Crippen molar-refractivity contribution in [3.8, 4) is 5.88 Å². The van der Waals surface area contributed by atoms with Crippen molar-refractivity contribution in [3.05, 3.63) is 12.4 Å². The molecule has 0 radical (unpaired) electrons. The molecule has 1 aliphatic rings. The fraction of sp³-hybridized carbons (Fsp3) is 0.545. The number of aromatic nitrogens is 2. The average Bonchev–Trinajstić information content (AvgIpc) is 2.73. The Kier molecular flexibility index (Phi) is 3.50. The smallest absolute Gasteiger partial charge is 0.388 e. The molecule has 0 spiro atoms. The number of halogens is 2. The van der Waals surface area contributed by atoms with Gasteiger partial charge >= 0.3 is 12.6 Å². The summed E-state index contributed by atoms with van der Waals surface area (Å²) in [5.74, 6) is -1.06. The Balaban J connectivity index is 2.22. The third-order valence-corrected chi connectivity index (χ3v) is 3.14. The number of carboxylic acids is 1. The van der Waals surface area contributed by atoms with E-state index in [1.54, 1.807) is 11.8 Å². The summed E-state index contributed by atoms with van der Waals surface area (Å²) in [6.45, 7) is -0.801. The Morgan fingerprint density at radius 1 is 1.53 bits per heavy atom. The number of rotatable bonds is 4. The summed E-state index contributed by atoms with van der Waals surface area (Å²) in [5, 5.41) is 9.14. The maximum Gasteiger partial charge on any atom is 0.388 e. The molecule has 0 amide bonds. The van der Waals surface area contributed by atoms with Gasteiger partial charge in [-0.1, -0.05) is 0 Å². The van der Waals surface area contributed by atoms with Crippen LogP contribution >= 0.6 is 0 Å². The van der Waals surface area contributed by atoms with Gasteiger partial charge in [0.15, 0.2) is 5.82 Å². The largest absolute Gasteiger partial charge is 0.481 e. The maximum absolute atomic E-state index is 12.3. The third-order valence-electron chi connectivity index (χ3n) is 3.14. The van der Waals surface area contributed by atoms with Crippen LogP contribution in [0.5, 0.6) is 5.88 Å². The molecular formula is C11H13F2N3O3. The van der Waals surface area contributed by atoms with Crippen molar-refractivity contribution in [1.82, 2.24) is 9.97 Å². The van der Waals surface area contributed by atoms with E-state index < -0.39 is 18.0 Å². The molecule has 1 atom stereocenters. The van der Waals surface area contributed by atoms with Crippen molar-refractivity contribution in [3.63, 3.8) is 0 Å². The number of anilines is 1. The fourth-order valence-corrected chi connectivity index (χ4v) is 2.02. The second-order valence-electron chi connectivity index (χ2n) is 4.60. The molecule has 19 heavy (non-hydrogen) atoms. The van der Waals surface area contributed by atoms with Crippen LogP contribution in [-0.2, 0) is 4.79 Å². The van der Waals surface area contributed by atoms with E-state index in [0.717, 1.165) is 0 Å². The molecular weight excluding hydrogens is 260 g/mol. The maximum atomic E-state index is 12.3. The monoisotopic (exact) mass is 273 g/mol. The van der Waals surface area contributed by atoms with E-state index in [2.05, 4.69) is 14.7 Å². The number of carbonyl (C=O) groups is 1. The van der Waals surface area contributed by atoms with E-state index in [1.165, 1.54) is 12.4 Å². The van der Waals surface area contributed by atoms with Crippen molar-refractivity contribution >= 4 is 11.8 Å². The van der Waals surface area contributed by atoms with Gasteiger partial charge in [0, 0.05) is 25.5 Å². The van der Waals surface area contributed by atoms with Gasteiger partial charge in [-0.3, -0.25) is 4.79 Å². The van der Waals surface area contributed by atoms with Crippen molar-refractivity contribution in [2.45, 2.75) is 20.0 Å². The SMILES string of the molecule is CC1(C(=O)O)CCN(c2nccnc2OC(F)F)C1. The lowest BCUT2D eigenvalue weighted by Crippen LogP contribution is -2.32. The van der Waals surface area contributed by atoms with E-state index in [1.807, 2.05) is 0 Å². The highest BCUT2D eigenvalue weighted by molar-refractivity contribution is 5.76. The van der Waals surface area contributed by atoms with E-state index in [-0.39, 0.29) is 18.2 Å². The zero-order valence-electron chi connectivity index (χ0n) is 10.2. The number of hydrogen-bond acceptors (Lipinski definition) is 5. The first kappa shape index (κ1) is 13.4. The molecule has 0 bridgehead atoms. The molecule has 1 aromatic heterocycles. The van der Waals surface area contributed by atoms with Crippen molar-refractivity contribution in [2.75, 3.05) is 18.0 Å². The van der Waals surface area contributed by atoms with Crippen molar-refractivity contribution < 1.29 is 23.4 Å². The molecule has 1 unspecified atom stereocenters. The van der Waals surface area contributed by atoms with Gasteiger partial charge < -0.3 is 14.7 Å².